The molecule has 1 aliphatic heterocycles. The molecule has 0 unspecified atom stereocenters. The van der Waals surface area contributed by atoms with E-state index in [4.69, 9.17) is 11.6 Å². The Morgan fingerprint density at radius 1 is 1.19 bits per heavy atom. The average molecular weight is 374 g/mol. The summed E-state index contributed by atoms with van der Waals surface area (Å²) in [6.07, 6.45) is 3.93. The summed E-state index contributed by atoms with van der Waals surface area (Å²) in [5.74, 6) is 0.533. The van der Waals surface area contributed by atoms with E-state index in [0.717, 1.165) is 44.7 Å². The molecule has 1 saturated heterocycles. The number of hydrogen-bond acceptors (Lipinski definition) is 5. The Kier molecular flexibility index (Phi) is 6.41. The number of nitrogens with zero attached hydrogens (tertiary/aromatic N) is 4. The van der Waals surface area contributed by atoms with Crippen molar-refractivity contribution in [1.82, 2.24) is 20.2 Å². The van der Waals surface area contributed by atoms with Gasteiger partial charge in [0, 0.05) is 50.1 Å². The summed E-state index contributed by atoms with van der Waals surface area (Å²) in [6, 6.07) is 7.65. The highest BCUT2D eigenvalue weighted by Gasteiger charge is 2.18. The van der Waals surface area contributed by atoms with Crippen molar-refractivity contribution in [3.05, 3.63) is 52.8 Å². The SMILES string of the molecule is CCN1CCN(c2ncc(C(=O)NCCc3cccc(Cl)c3)cn2)CC1. The van der Waals surface area contributed by atoms with E-state index in [1.54, 1.807) is 12.4 Å². The van der Waals surface area contributed by atoms with Crippen LogP contribution in [0.15, 0.2) is 36.7 Å². The number of piperazine rings is 1. The van der Waals surface area contributed by atoms with E-state index < -0.39 is 0 Å². The molecule has 0 bridgehead atoms. The molecule has 1 amide bonds. The molecule has 3 rings (SSSR count). The summed E-state index contributed by atoms with van der Waals surface area (Å²) < 4.78 is 0. The number of carbonyl (C=O) groups is 1. The van der Waals surface area contributed by atoms with Crippen molar-refractivity contribution in [1.29, 1.82) is 0 Å². The molecule has 1 aromatic carbocycles. The third-order valence-electron chi connectivity index (χ3n) is 4.59. The lowest BCUT2D eigenvalue weighted by Gasteiger charge is -2.33. The molecule has 6 nitrogen and oxygen atoms in total. The first-order valence-corrected chi connectivity index (χ1v) is 9.35. The van der Waals surface area contributed by atoms with Crippen LogP contribution in [0, 0.1) is 0 Å². The largest absolute Gasteiger partial charge is 0.352 e. The molecule has 2 aromatic rings. The maximum atomic E-state index is 12.2. The summed E-state index contributed by atoms with van der Waals surface area (Å²) in [4.78, 5) is 25.5. The number of nitrogens with one attached hydrogen (secondary N) is 1. The third kappa shape index (κ3) is 4.93. The summed E-state index contributed by atoms with van der Waals surface area (Å²) in [7, 11) is 0. The molecule has 26 heavy (non-hydrogen) atoms. The number of rotatable bonds is 6. The van der Waals surface area contributed by atoms with Gasteiger partial charge in [0.1, 0.15) is 0 Å². The topological polar surface area (TPSA) is 61.4 Å². The van der Waals surface area contributed by atoms with Gasteiger partial charge in [-0.15, -0.1) is 0 Å². The van der Waals surface area contributed by atoms with Gasteiger partial charge >= 0.3 is 0 Å². The maximum Gasteiger partial charge on any atom is 0.254 e. The predicted molar refractivity (Wildman–Crippen MR) is 104 cm³/mol. The van der Waals surface area contributed by atoms with E-state index in [2.05, 4.69) is 32.0 Å². The Morgan fingerprint density at radius 3 is 2.58 bits per heavy atom. The van der Waals surface area contributed by atoms with Crippen LogP contribution >= 0.6 is 11.6 Å². The van der Waals surface area contributed by atoms with Crippen molar-refractivity contribution in [2.24, 2.45) is 0 Å². The molecule has 1 aliphatic rings. The molecular weight excluding hydrogens is 350 g/mol. The Morgan fingerprint density at radius 2 is 1.92 bits per heavy atom. The minimum atomic E-state index is -0.158. The van der Waals surface area contributed by atoms with Gasteiger partial charge < -0.3 is 15.1 Å². The van der Waals surface area contributed by atoms with Crippen molar-refractivity contribution in [3.8, 4) is 0 Å². The van der Waals surface area contributed by atoms with Gasteiger partial charge in [0.2, 0.25) is 5.95 Å². The number of likely N-dealkylation sites (N-methyl/N-ethyl adjacent to an activating group) is 1. The number of benzene rings is 1. The lowest BCUT2D eigenvalue weighted by molar-refractivity contribution is 0.0953. The number of amides is 1. The summed E-state index contributed by atoms with van der Waals surface area (Å²) in [6.45, 7) is 7.66. The molecule has 7 heteroatoms. The summed E-state index contributed by atoms with van der Waals surface area (Å²) >= 11 is 5.97. The van der Waals surface area contributed by atoms with E-state index in [1.165, 1.54) is 0 Å². The number of aromatic nitrogens is 2. The molecule has 0 spiro atoms. The average Bonchev–Trinajstić information content (AvgIpc) is 2.68. The van der Waals surface area contributed by atoms with E-state index in [1.807, 2.05) is 24.3 Å². The Bertz CT molecular complexity index is 729. The molecule has 1 aromatic heterocycles. The molecule has 0 saturated carbocycles. The normalized spacial score (nSPS) is 15.1. The maximum absolute atomic E-state index is 12.2. The minimum Gasteiger partial charge on any atom is -0.352 e. The van der Waals surface area contributed by atoms with Gasteiger partial charge in [0.05, 0.1) is 5.56 Å². The predicted octanol–water partition coefficient (Wildman–Crippen LogP) is 2.24. The van der Waals surface area contributed by atoms with Crippen LogP contribution in [0.25, 0.3) is 0 Å². The highest BCUT2D eigenvalue weighted by Crippen LogP contribution is 2.12. The van der Waals surface area contributed by atoms with Gasteiger partial charge in [-0.05, 0) is 30.7 Å². The van der Waals surface area contributed by atoms with Crippen LogP contribution in [-0.2, 0) is 6.42 Å². The minimum absolute atomic E-state index is 0.158. The number of hydrogen-bond donors (Lipinski definition) is 1. The van der Waals surface area contributed by atoms with Crippen molar-refractivity contribution in [3.63, 3.8) is 0 Å². The Balaban J connectivity index is 1.49. The van der Waals surface area contributed by atoms with Crippen molar-refractivity contribution in [2.45, 2.75) is 13.3 Å². The van der Waals surface area contributed by atoms with Gasteiger partial charge in [-0.3, -0.25) is 4.79 Å². The summed E-state index contributed by atoms with van der Waals surface area (Å²) in [5.41, 5.74) is 1.57. The third-order valence-corrected chi connectivity index (χ3v) is 4.83. The zero-order valence-corrected chi connectivity index (χ0v) is 15.7. The fourth-order valence-electron chi connectivity index (χ4n) is 2.98. The van der Waals surface area contributed by atoms with Gasteiger partial charge in [0.15, 0.2) is 0 Å². The lowest BCUT2D eigenvalue weighted by Crippen LogP contribution is -2.46. The fraction of sp³-hybridized carbons (Fsp3) is 0.421. The van der Waals surface area contributed by atoms with Crippen molar-refractivity contribution >= 4 is 23.5 Å². The van der Waals surface area contributed by atoms with Crippen LogP contribution in [0.5, 0.6) is 0 Å². The quantitative estimate of drug-likeness (QED) is 0.841. The van der Waals surface area contributed by atoms with Gasteiger partial charge in [-0.25, -0.2) is 9.97 Å². The highest BCUT2D eigenvalue weighted by molar-refractivity contribution is 6.30. The van der Waals surface area contributed by atoms with Crippen molar-refractivity contribution in [2.75, 3.05) is 44.2 Å². The van der Waals surface area contributed by atoms with E-state index in [-0.39, 0.29) is 5.91 Å². The Labute approximate surface area is 159 Å². The Hall–Kier alpha value is -2.18. The van der Waals surface area contributed by atoms with Gasteiger partial charge in [-0.2, -0.15) is 0 Å². The number of carbonyl (C=O) groups excluding carboxylic acids is 1. The second kappa shape index (κ2) is 8.96. The molecule has 0 radical (unpaired) electrons. The van der Waals surface area contributed by atoms with Gasteiger partial charge in [0.25, 0.3) is 5.91 Å². The fourth-order valence-corrected chi connectivity index (χ4v) is 3.19. The van der Waals surface area contributed by atoms with Crippen LogP contribution in [0.3, 0.4) is 0 Å². The van der Waals surface area contributed by atoms with E-state index in [9.17, 15) is 4.79 Å². The molecule has 138 valence electrons. The molecule has 1 fully saturated rings. The first-order valence-electron chi connectivity index (χ1n) is 8.97. The van der Waals surface area contributed by atoms with Crippen LogP contribution in [0.1, 0.15) is 22.8 Å². The first kappa shape index (κ1) is 18.6. The number of anilines is 1. The van der Waals surface area contributed by atoms with Crippen molar-refractivity contribution < 1.29 is 4.79 Å². The van der Waals surface area contributed by atoms with Crippen LogP contribution in [-0.4, -0.2) is 60.0 Å². The summed E-state index contributed by atoms with van der Waals surface area (Å²) in [5, 5.41) is 3.60. The second-order valence-electron chi connectivity index (χ2n) is 6.33. The van der Waals surface area contributed by atoms with Crippen LogP contribution < -0.4 is 10.2 Å². The zero-order valence-electron chi connectivity index (χ0n) is 15.0. The lowest BCUT2D eigenvalue weighted by atomic mass is 10.1. The molecule has 1 N–H and O–H groups in total. The van der Waals surface area contributed by atoms with Crippen LogP contribution in [0.2, 0.25) is 5.02 Å². The van der Waals surface area contributed by atoms with E-state index >= 15 is 0 Å². The zero-order chi connectivity index (χ0) is 18.4. The standard InChI is InChI=1S/C19H24ClN5O/c1-2-24-8-10-25(11-9-24)19-22-13-16(14-23-19)18(26)21-7-6-15-4-3-5-17(20)12-15/h3-5,12-14H,2,6-11H2,1H3,(H,21,26). The van der Waals surface area contributed by atoms with E-state index in [0.29, 0.717) is 23.1 Å². The highest BCUT2D eigenvalue weighted by atomic mass is 35.5. The van der Waals surface area contributed by atoms with Crippen LogP contribution in [0.4, 0.5) is 5.95 Å². The van der Waals surface area contributed by atoms with Gasteiger partial charge in [-0.1, -0.05) is 30.7 Å². The molecule has 0 atom stereocenters. The second-order valence-corrected chi connectivity index (χ2v) is 6.77. The smallest absolute Gasteiger partial charge is 0.254 e. The molecular formula is C19H24ClN5O. The number of halogens is 1. The molecule has 0 aliphatic carbocycles. The monoisotopic (exact) mass is 373 g/mol. The first-order chi connectivity index (χ1) is 12.7. The molecule has 2 heterocycles.